The molecule has 0 unspecified atom stereocenters. The van der Waals surface area contributed by atoms with Crippen LogP contribution in [0.1, 0.15) is 31.4 Å². The van der Waals surface area contributed by atoms with Gasteiger partial charge in [-0.2, -0.15) is 0 Å². The summed E-state index contributed by atoms with van der Waals surface area (Å²) < 4.78 is 4.81. The van der Waals surface area contributed by atoms with Gasteiger partial charge in [0.05, 0.1) is 13.0 Å². The van der Waals surface area contributed by atoms with E-state index < -0.39 is 0 Å². The zero-order chi connectivity index (χ0) is 13.0. The summed E-state index contributed by atoms with van der Waals surface area (Å²) in [4.78, 5) is 17.1. The SMILES string of the molecule is COC(=O)C1CCC(N(C)Cc2ccc[nH]2)CC1. The number of hydrogen-bond donors (Lipinski definition) is 1. The van der Waals surface area contributed by atoms with Crippen LogP contribution in [0.4, 0.5) is 0 Å². The number of nitrogens with one attached hydrogen (secondary N) is 1. The van der Waals surface area contributed by atoms with Gasteiger partial charge in [-0.3, -0.25) is 9.69 Å². The maximum absolute atomic E-state index is 11.5. The zero-order valence-corrected chi connectivity index (χ0v) is 11.2. The molecule has 4 nitrogen and oxygen atoms in total. The summed E-state index contributed by atoms with van der Waals surface area (Å²) in [7, 11) is 3.63. The van der Waals surface area contributed by atoms with Crippen molar-refractivity contribution in [2.24, 2.45) is 5.92 Å². The molecule has 100 valence electrons. The van der Waals surface area contributed by atoms with E-state index in [1.54, 1.807) is 0 Å². The molecule has 18 heavy (non-hydrogen) atoms. The standard InChI is InChI=1S/C14H22N2O2/c1-16(10-12-4-3-9-15-12)13-7-5-11(6-8-13)14(17)18-2/h3-4,9,11,13,15H,5-8,10H2,1-2H3. The van der Waals surface area contributed by atoms with Gasteiger partial charge in [0.15, 0.2) is 0 Å². The first-order chi connectivity index (χ1) is 8.70. The highest BCUT2D eigenvalue weighted by atomic mass is 16.5. The molecule has 1 aromatic heterocycles. The van der Waals surface area contributed by atoms with Crippen molar-refractivity contribution in [2.75, 3.05) is 14.2 Å². The van der Waals surface area contributed by atoms with Gasteiger partial charge in [-0.05, 0) is 44.9 Å². The number of aromatic amines is 1. The summed E-state index contributed by atoms with van der Waals surface area (Å²) >= 11 is 0. The Kier molecular flexibility index (Phi) is 4.42. The molecule has 1 aromatic rings. The van der Waals surface area contributed by atoms with Crippen LogP contribution in [0.2, 0.25) is 0 Å². The van der Waals surface area contributed by atoms with E-state index in [9.17, 15) is 4.79 Å². The molecule has 1 saturated carbocycles. The highest BCUT2D eigenvalue weighted by molar-refractivity contribution is 5.72. The predicted octanol–water partition coefficient (Wildman–Crippen LogP) is 2.18. The Morgan fingerprint density at radius 3 is 2.72 bits per heavy atom. The first-order valence-electron chi connectivity index (χ1n) is 6.61. The number of aromatic nitrogens is 1. The Morgan fingerprint density at radius 2 is 2.17 bits per heavy atom. The second kappa shape index (κ2) is 6.05. The van der Waals surface area contributed by atoms with Gasteiger partial charge in [-0.15, -0.1) is 0 Å². The van der Waals surface area contributed by atoms with Crippen molar-refractivity contribution >= 4 is 5.97 Å². The molecule has 0 radical (unpaired) electrons. The van der Waals surface area contributed by atoms with Crippen molar-refractivity contribution in [3.63, 3.8) is 0 Å². The molecule has 0 saturated heterocycles. The highest BCUT2D eigenvalue weighted by Gasteiger charge is 2.28. The van der Waals surface area contributed by atoms with Crippen LogP contribution in [-0.2, 0) is 16.1 Å². The number of hydrogen-bond acceptors (Lipinski definition) is 3. The molecule has 1 N–H and O–H groups in total. The molecule has 4 heteroatoms. The molecule has 0 spiro atoms. The molecule has 0 amide bonds. The van der Waals surface area contributed by atoms with Crippen LogP contribution in [0.25, 0.3) is 0 Å². The lowest BCUT2D eigenvalue weighted by molar-refractivity contribution is -0.146. The number of carbonyl (C=O) groups excluding carboxylic acids is 1. The van der Waals surface area contributed by atoms with Gasteiger partial charge in [0.2, 0.25) is 0 Å². The first-order valence-corrected chi connectivity index (χ1v) is 6.61. The lowest BCUT2D eigenvalue weighted by Crippen LogP contribution is -2.36. The average Bonchev–Trinajstić information content (AvgIpc) is 2.91. The van der Waals surface area contributed by atoms with Crippen molar-refractivity contribution in [1.29, 1.82) is 0 Å². The maximum Gasteiger partial charge on any atom is 0.308 e. The van der Waals surface area contributed by atoms with Gasteiger partial charge < -0.3 is 9.72 Å². The Balaban J connectivity index is 1.80. The molecular weight excluding hydrogens is 228 g/mol. The molecule has 1 aliphatic rings. The lowest BCUT2D eigenvalue weighted by Gasteiger charge is -2.33. The number of nitrogens with zero attached hydrogens (tertiary/aromatic N) is 1. The molecule has 2 rings (SSSR count). The topological polar surface area (TPSA) is 45.3 Å². The van der Waals surface area contributed by atoms with E-state index in [1.165, 1.54) is 12.8 Å². The van der Waals surface area contributed by atoms with Crippen molar-refractivity contribution in [1.82, 2.24) is 9.88 Å². The van der Waals surface area contributed by atoms with E-state index in [2.05, 4.69) is 23.0 Å². The second-order valence-electron chi connectivity index (χ2n) is 5.14. The van der Waals surface area contributed by atoms with Crippen molar-refractivity contribution in [3.8, 4) is 0 Å². The average molecular weight is 250 g/mol. The second-order valence-corrected chi connectivity index (χ2v) is 5.14. The number of ether oxygens (including phenoxy) is 1. The van der Waals surface area contributed by atoms with Gasteiger partial charge in [0.25, 0.3) is 0 Å². The fraction of sp³-hybridized carbons (Fsp3) is 0.643. The summed E-state index contributed by atoms with van der Waals surface area (Å²) in [5.41, 5.74) is 1.24. The Labute approximate surface area is 108 Å². The van der Waals surface area contributed by atoms with Crippen LogP contribution in [0.15, 0.2) is 18.3 Å². The molecule has 0 aliphatic heterocycles. The molecule has 0 bridgehead atoms. The normalized spacial score (nSPS) is 24.2. The van der Waals surface area contributed by atoms with Gasteiger partial charge in [-0.1, -0.05) is 0 Å². The van der Waals surface area contributed by atoms with Gasteiger partial charge in [-0.25, -0.2) is 0 Å². The van der Waals surface area contributed by atoms with Crippen molar-refractivity contribution in [3.05, 3.63) is 24.0 Å². The Morgan fingerprint density at radius 1 is 1.44 bits per heavy atom. The number of methoxy groups -OCH3 is 1. The fourth-order valence-corrected chi connectivity index (χ4v) is 2.78. The number of H-pyrrole nitrogens is 1. The quantitative estimate of drug-likeness (QED) is 0.833. The number of esters is 1. The van der Waals surface area contributed by atoms with Gasteiger partial charge in [0, 0.05) is 24.5 Å². The van der Waals surface area contributed by atoms with Crippen LogP contribution < -0.4 is 0 Å². The van der Waals surface area contributed by atoms with E-state index in [0.717, 1.165) is 32.2 Å². The predicted molar refractivity (Wildman–Crippen MR) is 70.0 cm³/mol. The molecule has 1 aliphatic carbocycles. The van der Waals surface area contributed by atoms with E-state index >= 15 is 0 Å². The van der Waals surface area contributed by atoms with E-state index in [-0.39, 0.29) is 11.9 Å². The summed E-state index contributed by atoms with van der Waals surface area (Å²) in [6.45, 7) is 0.945. The van der Waals surface area contributed by atoms with Gasteiger partial charge >= 0.3 is 5.97 Å². The minimum Gasteiger partial charge on any atom is -0.469 e. The smallest absolute Gasteiger partial charge is 0.308 e. The van der Waals surface area contributed by atoms with Crippen LogP contribution in [0, 0.1) is 5.92 Å². The Hall–Kier alpha value is -1.29. The van der Waals surface area contributed by atoms with E-state index in [4.69, 9.17) is 4.74 Å². The van der Waals surface area contributed by atoms with Crippen molar-refractivity contribution < 1.29 is 9.53 Å². The zero-order valence-electron chi connectivity index (χ0n) is 11.2. The summed E-state index contributed by atoms with van der Waals surface area (Å²) in [6, 6.07) is 4.71. The molecule has 1 heterocycles. The number of rotatable bonds is 4. The minimum absolute atomic E-state index is 0.0412. The molecule has 0 aromatic carbocycles. The van der Waals surface area contributed by atoms with Gasteiger partial charge in [0.1, 0.15) is 0 Å². The maximum atomic E-state index is 11.5. The first kappa shape index (κ1) is 13.1. The number of carbonyl (C=O) groups is 1. The van der Waals surface area contributed by atoms with Crippen LogP contribution in [0.5, 0.6) is 0 Å². The summed E-state index contributed by atoms with van der Waals surface area (Å²) in [5.74, 6) is 0.0746. The Bertz CT molecular complexity index is 367. The third-order valence-corrected chi connectivity index (χ3v) is 3.94. The summed E-state index contributed by atoms with van der Waals surface area (Å²) in [5, 5.41) is 0. The highest BCUT2D eigenvalue weighted by Crippen LogP contribution is 2.28. The molecular formula is C14H22N2O2. The fourth-order valence-electron chi connectivity index (χ4n) is 2.78. The van der Waals surface area contributed by atoms with E-state index in [0.29, 0.717) is 6.04 Å². The summed E-state index contributed by atoms with van der Waals surface area (Å²) in [6.07, 6.45) is 6.02. The van der Waals surface area contributed by atoms with Crippen LogP contribution in [0.3, 0.4) is 0 Å². The van der Waals surface area contributed by atoms with E-state index in [1.807, 2.05) is 12.3 Å². The molecule has 0 atom stereocenters. The lowest BCUT2D eigenvalue weighted by atomic mass is 9.85. The minimum atomic E-state index is -0.0412. The third-order valence-electron chi connectivity index (χ3n) is 3.94. The monoisotopic (exact) mass is 250 g/mol. The van der Waals surface area contributed by atoms with Crippen molar-refractivity contribution in [2.45, 2.75) is 38.3 Å². The van der Waals surface area contributed by atoms with Crippen LogP contribution >= 0.6 is 0 Å². The third kappa shape index (κ3) is 3.13. The van der Waals surface area contributed by atoms with Crippen LogP contribution in [-0.4, -0.2) is 36.1 Å². The molecule has 1 fully saturated rings. The largest absolute Gasteiger partial charge is 0.469 e.